The smallest absolute Gasteiger partial charge is 0.123 e. The highest BCUT2D eigenvalue weighted by Crippen LogP contribution is 2.32. The van der Waals surface area contributed by atoms with Crippen molar-refractivity contribution in [2.75, 3.05) is 18.5 Å². The van der Waals surface area contributed by atoms with Crippen LogP contribution >= 0.6 is 0 Å². The quantitative estimate of drug-likeness (QED) is 0.861. The van der Waals surface area contributed by atoms with Gasteiger partial charge in [0.25, 0.3) is 0 Å². The van der Waals surface area contributed by atoms with Crippen LogP contribution in [0.3, 0.4) is 0 Å². The molecular weight excluding hydrogens is 251 g/mol. The SMILES string of the molecule is CCNC(C)c1cc(F)ccc1N(C)C(C)C(C)(C)C. The first-order valence-corrected chi connectivity index (χ1v) is 7.44. The van der Waals surface area contributed by atoms with Crippen molar-refractivity contribution in [2.45, 2.75) is 53.6 Å². The van der Waals surface area contributed by atoms with Crippen LogP contribution in [-0.2, 0) is 0 Å². The van der Waals surface area contributed by atoms with Crippen LogP contribution in [0, 0.1) is 11.2 Å². The molecule has 0 saturated carbocycles. The molecule has 0 heterocycles. The van der Waals surface area contributed by atoms with Crippen LogP contribution in [0.2, 0.25) is 0 Å². The zero-order chi connectivity index (χ0) is 15.5. The van der Waals surface area contributed by atoms with Gasteiger partial charge in [0, 0.05) is 24.8 Å². The lowest BCUT2D eigenvalue weighted by Crippen LogP contribution is -2.40. The fraction of sp³-hybridized carbons (Fsp3) is 0.647. The van der Waals surface area contributed by atoms with Gasteiger partial charge in [0.15, 0.2) is 0 Å². The van der Waals surface area contributed by atoms with E-state index in [9.17, 15) is 4.39 Å². The van der Waals surface area contributed by atoms with Gasteiger partial charge in [-0.1, -0.05) is 27.7 Å². The van der Waals surface area contributed by atoms with Crippen LogP contribution in [0.4, 0.5) is 10.1 Å². The van der Waals surface area contributed by atoms with Gasteiger partial charge in [0.05, 0.1) is 0 Å². The van der Waals surface area contributed by atoms with Gasteiger partial charge in [0.1, 0.15) is 5.82 Å². The number of halogens is 1. The van der Waals surface area contributed by atoms with Crippen LogP contribution < -0.4 is 10.2 Å². The topological polar surface area (TPSA) is 15.3 Å². The third kappa shape index (κ3) is 3.95. The molecule has 2 atom stereocenters. The Bertz CT molecular complexity index is 437. The van der Waals surface area contributed by atoms with E-state index in [-0.39, 0.29) is 17.3 Å². The van der Waals surface area contributed by atoms with Crippen molar-refractivity contribution >= 4 is 5.69 Å². The van der Waals surface area contributed by atoms with E-state index in [0.717, 1.165) is 17.8 Å². The summed E-state index contributed by atoms with van der Waals surface area (Å²) in [5.74, 6) is -0.176. The number of hydrogen-bond donors (Lipinski definition) is 1. The van der Waals surface area contributed by atoms with Crippen molar-refractivity contribution in [1.29, 1.82) is 0 Å². The Morgan fingerprint density at radius 1 is 1.25 bits per heavy atom. The summed E-state index contributed by atoms with van der Waals surface area (Å²) in [6, 6.07) is 5.58. The van der Waals surface area contributed by atoms with E-state index in [1.807, 2.05) is 6.07 Å². The minimum absolute atomic E-state index is 0.139. The highest BCUT2D eigenvalue weighted by Gasteiger charge is 2.26. The second-order valence-corrected chi connectivity index (χ2v) is 6.64. The highest BCUT2D eigenvalue weighted by molar-refractivity contribution is 5.55. The average Bonchev–Trinajstić information content (AvgIpc) is 2.36. The summed E-state index contributed by atoms with van der Waals surface area (Å²) in [5.41, 5.74) is 2.29. The fourth-order valence-corrected chi connectivity index (χ4v) is 2.40. The summed E-state index contributed by atoms with van der Waals surface area (Å²) in [6.45, 7) is 13.9. The van der Waals surface area contributed by atoms with E-state index in [2.05, 4.69) is 58.8 Å². The number of anilines is 1. The monoisotopic (exact) mass is 280 g/mol. The van der Waals surface area contributed by atoms with E-state index < -0.39 is 0 Å². The Morgan fingerprint density at radius 3 is 2.35 bits per heavy atom. The number of hydrogen-bond acceptors (Lipinski definition) is 2. The first kappa shape index (κ1) is 17.0. The van der Waals surface area contributed by atoms with Gasteiger partial charge in [-0.3, -0.25) is 0 Å². The third-order valence-electron chi connectivity index (χ3n) is 4.18. The number of nitrogens with zero attached hydrogens (tertiary/aromatic N) is 1. The Morgan fingerprint density at radius 2 is 1.85 bits per heavy atom. The van der Waals surface area contributed by atoms with Gasteiger partial charge in [-0.2, -0.15) is 0 Å². The Kier molecular flexibility index (Phi) is 5.58. The molecule has 0 aliphatic carbocycles. The van der Waals surface area contributed by atoms with Crippen molar-refractivity contribution in [3.05, 3.63) is 29.6 Å². The van der Waals surface area contributed by atoms with Crippen molar-refractivity contribution in [3.63, 3.8) is 0 Å². The van der Waals surface area contributed by atoms with Crippen molar-refractivity contribution in [2.24, 2.45) is 5.41 Å². The predicted molar refractivity (Wildman–Crippen MR) is 85.8 cm³/mol. The molecule has 2 unspecified atom stereocenters. The van der Waals surface area contributed by atoms with Crippen LogP contribution in [0.25, 0.3) is 0 Å². The first-order chi connectivity index (χ1) is 9.18. The molecule has 0 radical (unpaired) electrons. The Hall–Kier alpha value is -1.09. The van der Waals surface area contributed by atoms with Crippen molar-refractivity contribution in [3.8, 4) is 0 Å². The summed E-state index contributed by atoms with van der Waals surface area (Å²) in [5, 5.41) is 3.37. The van der Waals surface area contributed by atoms with E-state index in [4.69, 9.17) is 0 Å². The standard InChI is InChI=1S/C17H29FN2/c1-8-19-12(2)15-11-14(18)9-10-16(15)20(7)13(3)17(4,5)6/h9-13,19H,8H2,1-7H3. The van der Waals surface area contributed by atoms with E-state index in [1.54, 1.807) is 12.1 Å². The molecule has 1 aromatic carbocycles. The fourth-order valence-electron chi connectivity index (χ4n) is 2.40. The van der Waals surface area contributed by atoms with Crippen LogP contribution in [-0.4, -0.2) is 19.6 Å². The van der Waals surface area contributed by atoms with Crippen LogP contribution in [0.5, 0.6) is 0 Å². The maximum Gasteiger partial charge on any atom is 0.123 e. The van der Waals surface area contributed by atoms with Gasteiger partial charge in [0.2, 0.25) is 0 Å². The molecule has 0 aliphatic rings. The molecule has 1 aromatic rings. The second-order valence-electron chi connectivity index (χ2n) is 6.64. The predicted octanol–water partition coefficient (Wildman–Crippen LogP) is 4.37. The number of benzene rings is 1. The van der Waals surface area contributed by atoms with Crippen LogP contribution in [0.15, 0.2) is 18.2 Å². The molecule has 3 heteroatoms. The lowest BCUT2D eigenvalue weighted by molar-refractivity contribution is 0.329. The third-order valence-corrected chi connectivity index (χ3v) is 4.18. The van der Waals surface area contributed by atoms with Crippen molar-refractivity contribution < 1.29 is 4.39 Å². The summed E-state index contributed by atoms with van der Waals surface area (Å²) < 4.78 is 13.6. The minimum atomic E-state index is -0.176. The molecule has 0 bridgehead atoms. The summed E-state index contributed by atoms with van der Waals surface area (Å²) in [6.07, 6.45) is 0. The van der Waals surface area contributed by atoms with E-state index in [0.29, 0.717) is 6.04 Å². The van der Waals surface area contributed by atoms with Crippen LogP contribution in [0.1, 0.15) is 53.1 Å². The molecule has 0 fully saturated rings. The average molecular weight is 280 g/mol. The lowest BCUT2D eigenvalue weighted by atomic mass is 9.86. The highest BCUT2D eigenvalue weighted by atomic mass is 19.1. The summed E-state index contributed by atoms with van der Waals surface area (Å²) in [4.78, 5) is 2.25. The van der Waals surface area contributed by atoms with Crippen molar-refractivity contribution in [1.82, 2.24) is 5.32 Å². The molecule has 0 aromatic heterocycles. The summed E-state index contributed by atoms with van der Waals surface area (Å²) >= 11 is 0. The first-order valence-electron chi connectivity index (χ1n) is 7.44. The van der Waals surface area contributed by atoms with E-state index in [1.165, 1.54) is 0 Å². The molecule has 114 valence electrons. The zero-order valence-electron chi connectivity index (χ0n) is 13.9. The minimum Gasteiger partial charge on any atom is -0.371 e. The van der Waals surface area contributed by atoms with Gasteiger partial charge in [-0.15, -0.1) is 0 Å². The maximum absolute atomic E-state index is 13.6. The van der Waals surface area contributed by atoms with E-state index >= 15 is 0 Å². The van der Waals surface area contributed by atoms with Gasteiger partial charge in [-0.05, 0) is 49.6 Å². The lowest BCUT2D eigenvalue weighted by Gasteiger charge is -2.38. The van der Waals surface area contributed by atoms with Gasteiger partial charge >= 0.3 is 0 Å². The molecule has 0 amide bonds. The molecule has 1 rings (SSSR count). The Balaban J connectivity index is 3.17. The molecule has 0 spiro atoms. The van der Waals surface area contributed by atoms with Gasteiger partial charge < -0.3 is 10.2 Å². The largest absolute Gasteiger partial charge is 0.371 e. The molecule has 0 saturated heterocycles. The van der Waals surface area contributed by atoms with Gasteiger partial charge in [-0.25, -0.2) is 4.39 Å². The molecule has 1 N–H and O–H groups in total. The molecular formula is C17H29FN2. The molecule has 20 heavy (non-hydrogen) atoms. The normalized spacial score (nSPS) is 15.0. The zero-order valence-corrected chi connectivity index (χ0v) is 13.9. The summed E-state index contributed by atoms with van der Waals surface area (Å²) in [7, 11) is 2.09. The Labute approximate surface area is 123 Å². The maximum atomic E-state index is 13.6. The molecule has 2 nitrogen and oxygen atoms in total. The second kappa shape index (κ2) is 6.57. The molecule has 0 aliphatic heterocycles. The number of nitrogens with one attached hydrogen (secondary N) is 1. The number of rotatable bonds is 5.